The Morgan fingerprint density at radius 2 is 1.90 bits per heavy atom. The molecular weight excluding hydrogens is 252 g/mol. The van der Waals surface area contributed by atoms with Crippen LogP contribution in [0.1, 0.15) is 27.2 Å². The minimum Gasteiger partial charge on any atom is -0.477 e. The fraction of sp³-hybridized carbons (Fsp3) is 0.250. The summed E-state index contributed by atoms with van der Waals surface area (Å²) in [6.45, 7) is 10.1. The highest BCUT2D eigenvalue weighted by Gasteiger charge is 2.17. The van der Waals surface area contributed by atoms with Crippen molar-refractivity contribution in [2.45, 2.75) is 27.3 Å². The molecule has 0 bridgehead atoms. The van der Waals surface area contributed by atoms with Crippen LogP contribution in [0.2, 0.25) is 0 Å². The van der Waals surface area contributed by atoms with E-state index in [-0.39, 0.29) is 5.69 Å². The normalized spacial score (nSPS) is 10.6. The molecule has 0 spiro atoms. The van der Waals surface area contributed by atoms with Gasteiger partial charge in [0, 0.05) is 5.56 Å². The number of hydrogen-bond acceptors (Lipinski definition) is 2. The third kappa shape index (κ3) is 2.50. The molecule has 0 unspecified atom stereocenters. The van der Waals surface area contributed by atoms with Crippen molar-refractivity contribution in [3.63, 3.8) is 0 Å². The molecule has 1 N–H and O–H groups in total. The Balaban J connectivity index is 2.62. The van der Waals surface area contributed by atoms with E-state index in [4.69, 9.17) is 0 Å². The maximum Gasteiger partial charge on any atom is 0.354 e. The highest BCUT2D eigenvalue weighted by Crippen LogP contribution is 2.28. The Morgan fingerprint density at radius 1 is 1.30 bits per heavy atom. The molecule has 0 radical (unpaired) electrons. The fourth-order valence-corrected chi connectivity index (χ4v) is 2.56. The third-order valence-corrected chi connectivity index (χ3v) is 3.23. The molecular formula is C16H18N2O2. The van der Waals surface area contributed by atoms with Crippen LogP contribution >= 0.6 is 0 Å². The fourth-order valence-electron chi connectivity index (χ4n) is 2.56. The molecule has 0 saturated heterocycles. The minimum atomic E-state index is -0.979. The predicted octanol–water partition coefficient (Wildman–Crippen LogP) is 3.36. The van der Waals surface area contributed by atoms with Crippen LogP contribution in [0.4, 0.5) is 0 Å². The Kier molecular flexibility index (Phi) is 3.74. The lowest BCUT2D eigenvalue weighted by Crippen LogP contribution is -2.08. The molecule has 20 heavy (non-hydrogen) atoms. The van der Waals surface area contributed by atoms with Crippen LogP contribution in [-0.2, 0) is 6.54 Å². The first-order chi connectivity index (χ1) is 9.43. The van der Waals surface area contributed by atoms with E-state index in [1.807, 2.05) is 20.8 Å². The number of hydrogen-bond donors (Lipinski definition) is 1. The van der Waals surface area contributed by atoms with Crippen molar-refractivity contribution < 1.29 is 9.90 Å². The van der Waals surface area contributed by atoms with E-state index < -0.39 is 5.97 Å². The van der Waals surface area contributed by atoms with Crippen LogP contribution in [0.3, 0.4) is 0 Å². The van der Waals surface area contributed by atoms with Crippen LogP contribution in [0.5, 0.6) is 0 Å². The van der Waals surface area contributed by atoms with Crippen molar-refractivity contribution >= 4 is 5.97 Å². The monoisotopic (exact) mass is 270 g/mol. The summed E-state index contributed by atoms with van der Waals surface area (Å²) in [5.41, 5.74) is 5.26. The maximum atomic E-state index is 11.3. The second-order valence-electron chi connectivity index (χ2n) is 4.96. The number of rotatable bonds is 4. The van der Waals surface area contributed by atoms with Crippen molar-refractivity contribution in [1.82, 2.24) is 9.78 Å². The summed E-state index contributed by atoms with van der Waals surface area (Å²) < 4.78 is 1.46. The number of allylic oxidation sites excluding steroid dienone is 1. The third-order valence-electron chi connectivity index (χ3n) is 3.23. The van der Waals surface area contributed by atoms with Gasteiger partial charge < -0.3 is 5.11 Å². The lowest BCUT2D eigenvalue weighted by molar-refractivity contribution is 0.0684. The first kappa shape index (κ1) is 14.1. The number of aromatic carboxylic acids is 1. The summed E-state index contributed by atoms with van der Waals surface area (Å²) in [6, 6.07) is 5.78. The van der Waals surface area contributed by atoms with E-state index in [1.54, 1.807) is 12.1 Å². The van der Waals surface area contributed by atoms with Crippen molar-refractivity contribution in [1.29, 1.82) is 0 Å². The zero-order valence-electron chi connectivity index (χ0n) is 12.0. The Labute approximate surface area is 118 Å². The van der Waals surface area contributed by atoms with Gasteiger partial charge in [-0.05, 0) is 38.0 Å². The number of carboxylic acids is 1. The smallest absolute Gasteiger partial charge is 0.354 e. The molecule has 1 heterocycles. The standard InChI is InChI=1S/C16H18N2O2/c1-5-6-18-14(16(19)20)9-13(17-18)15-11(3)7-10(2)8-12(15)4/h5,7-9H,1,6H2,2-4H3,(H,19,20). The van der Waals surface area contributed by atoms with Gasteiger partial charge in [0.05, 0.1) is 12.2 Å². The van der Waals surface area contributed by atoms with Crippen molar-refractivity contribution in [2.24, 2.45) is 0 Å². The topological polar surface area (TPSA) is 55.1 Å². The second-order valence-corrected chi connectivity index (χ2v) is 4.96. The summed E-state index contributed by atoms with van der Waals surface area (Å²) >= 11 is 0. The zero-order chi connectivity index (χ0) is 14.9. The van der Waals surface area contributed by atoms with Gasteiger partial charge in [0.15, 0.2) is 0 Å². The number of nitrogens with zero attached hydrogens (tertiary/aromatic N) is 2. The minimum absolute atomic E-state index is 0.180. The molecule has 0 saturated carbocycles. The predicted molar refractivity (Wildman–Crippen MR) is 79.0 cm³/mol. The molecule has 4 heteroatoms. The van der Waals surface area contributed by atoms with Crippen LogP contribution in [0, 0.1) is 20.8 Å². The van der Waals surface area contributed by atoms with Gasteiger partial charge in [-0.2, -0.15) is 5.10 Å². The van der Waals surface area contributed by atoms with Crippen LogP contribution in [-0.4, -0.2) is 20.9 Å². The highest BCUT2D eigenvalue weighted by atomic mass is 16.4. The van der Waals surface area contributed by atoms with Crippen LogP contribution in [0.15, 0.2) is 30.9 Å². The summed E-state index contributed by atoms with van der Waals surface area (Å²) in [5, 5.41) is 13.6. The van der Waals surface area contributed by atoms with Gasteiger partial charge in [0.25, 0.3) is 0 Å². The van der Waals surface area contributed by atoms with Gasteiger partial charge in [-0.3, -0.25) is 4.68 Å². The molecule has 4 nitrogen and oxygen atoms in total. The molecule has 2 rings (SSSR count). The molecule has 0 atom stereocenters. The van der Waals surface area contributed by atoms with E-state index in [2.05, 4.69) is 23.8 Å². The van der Waals surface area contributed by atoms with Crippen LogP contribution in [0.25, 0.3) is 11.3 Å². The quantitative estimate of drug-likeness (QED) is 0.867. The number of carboxylic acid groups (broad SMARTS) is 1. The van der Waals surface area contributed by atoms with Crippen molar-refractivity contribution in [3.8, 4) is 11.3 Å². The van der Waals surface area contributed by atoms with E-state index in [1.165, 1.54) is 10.2 Å². The van der Waals surface area contributed by atoms with Crippen molar-refractivity contribution in [3.05, 3.63) is 53.2 Å². The van der Waals surface area contributed by atoms with E-state index in [0.29, 0.717) is 12.2 Å². The molecule has 1 aromatic carbocycles. The maximum absolute atomic E-state index is 11.3. The molecule has 0 fully saturated rings. The number of aryl methyl sites for hydroxylation is 3. The average molecular weight is 270 g/mol. The molecule has 1 aromatic heterocycles. The average Bonchev–Trinajstić information content (AvgIpc) is 2.72. The van der Waals surface area contributed by atoms with Gasteiger partial charge in [0.2, 0.25) is 0 Å². The van der Waals surface area contributed by atoms with E-state index in [9.17, 15) is 9.90 Å². The Hall–Kier alpha value is -2.36. The van der Waals surface area contributed by atoms with Gasteiger partial charge in [-0.25, -0.2) is 4.79 Å². The van der Waals surface area contributed by atoms with Crippen molar-refractivity contribution in [2.75, 3.05) is 0 Å². The summed E-state index contributed by atoms with van der Waals surface area (Å²) in [7, 11) is 0. The summed E-state index contributed by atoms with van der Waals surface area (Å²) in [4.78, 5) is 11.3. The van der Waals surface area contributed by atoms with Gasteiger partial charge in [0.1, 0.15) is 5.69 Å². The summed E-state index contributed by atoms with van der Waals surface area (Å²) in [6.07, 6.45) is 1.64. The number of carbonyl (C=O) groups is 1. The van der Waals surface area contributed by atoms with Crippen LogP contribution < -0.4 is 0 Å². The second kappa shape index (κ2) is 5.33. The SMILES string of the molecule is C=CCn1nc(-c2c(C)cc(C)cc2C)cc1C(=O)O. The lowest BCUT2D eigenvalue weighted by atomic mass is 9.97. The van der Waals surface area contributed by atoms with E-state index >= 15 is 0 Å². The Bertz CT molecular complexity index is 661. The zero-order valence-corrected chi connectivity index (χ0v) is 12.0. The van der Waals surface area contributed by atoms with Gasteiger partial charge >= 0.3 is 5.97 Å². The molecule has 0 aliphatic rings. The van der Waals surface area contributed by atoms with Gasteiger partial charge in [-0.15, -0.1) is 6.58 Å². The number of benzene rings is 1. The first-order valence-electron chi connectivity index (χ1n) is 6.44. The lowest BCUT2D eigenvalue weighted by Gasteiger charge is -2.08. The van der Waals surface area contributed by atoms with E-state index in [0.717, 1.165) is 16.7 Å². The first-order valence-corrected chi connectivity index (χ1v) is 6.44. The largest absolute Gasteiger partial charge is 0.477 e. The molecule has 0 aliphatic carbocycles. The summed E-state index contributed by atoms with van der Waals surface area (Å²) in [5.74, 6) is -0.979. The Morgan fingerprint density at radius 3 is 2.40 bits per heavy atom. The molecule has 0 amide bonds. The molecule has 2 aromatic rings. The molecule has 104 valence electrons. The highest BCUT2D eigenvalue weighted by molar-refractivity contribution is 5.87. The van der Waals surface area contributed by atoms with Gasteiger partial charge in [-0.1, -0.05) is 23.8 Å². The number of aromatic nitrogens is 2. The molecule has 0 aliphatic heterocycles.